The largest absolute Gasteiger partial charge is 0.466 e. The zero-order valence-electron chi connectivity index (χ0n) is 9.75. The zero-order valence-corrected chi connectivity index (χ0v) is 9.75. The van der Waals surface area contributed by atoms with E-state index in [1.54, 1.807) is 0 Å². The van der Waals surface area contributed by atoms with Gasteiger partial charge in [-0.05, 0) is 12.5 Å². The van der Waals surface area contributed by atoms with Crippen molar-refractivity contribution in [1.29, 1.82) is 0 Å². The Morgan fingerprint density at radius 2 is 2.12 bits per heavy atom. The van der Waals surface area contributed by atoms with Crippen molar-refractivity contribution >= 4 is 11.9 Å². The second-order valence-corrected chi connectivity index (χ2v) is 3.93. The summed E-state index contributed by atoms with van der Waals surface area (Å²) in [6.45, 7) is 1.21. The second-order valence-electron chi connectivity index (χ2n) is 3.93. The maximum Gasteiger partial charge on any atom is 0.333 e. The smallest absolute Gasteiger partial charge is 0.333 e. The molecule has 1 rings (SSSR count). The Balaban J connectivity index is 2.71. The Morgan fingerprint density at radius 1 is 1.47 bits per heavy atom. The lowest BCUT2D eigenvalue weighted by Crippen LogP contribution is -2.39. The number of ether oxygens (including phenoxy) is 2. The molecule has 0 aromatic carbocycles. The highest BCUT2D eigenvalue weighted by Gasteiger charge is 2.33. The fourth-order valence-electron chi connectivity index (χ4n) is 1.72. The third-order valence-corrected chi connectivity index (χ3v) is 2.64. The summed E-state index contributed by atoms with van der Waals surface area (Å²) in [5.41, 5.74) is 0.280. The first kappa shape index (κ1) is 13.7. The molecule has 0 saturated carbocycles. The summed E-state index contributed by atoms with van der Waals surface area (Å²) in [5.74, 6) is -1.53. The van der Waals surface area contributed by atoms with E-state index >= 15 is 0 Å². The third-order valence-electron chi connectivity index (χ3n) is 2.64. The molecule has 0 bridgehead atoms. The van der Waals surface area contributed by atoms with Gasteiger partial charge in [0.05, 0.1) is 25.9 Å². The van der Waals surface area contributed by atoms with Crippen molar-refractivity contribution in [3.63, 3.8) is 0 Å². The van der Waals surface area contributed by atoms with Crippen LogP contribution in [0.4, 0.5) is 0 Å². The first-order valence-electron chi connectivity index (χ1n) is 5.24. The quantitative estimate of drug-likeness (QED) is 0.643. The van der Waals surface area contributed by atoms with Crippen LogP contribution in [-0.2, 0) is 19.1 Å². The van der Waals surface area contributed by atoms with E-state index < -0.39 is 30.1 Å². The molecule has 6 nitrogen and oxygen atoms in total. The summed E-state index contributed by atoms with van der Waals surface area (Å²) in [7, 11) is 1.24. The average Bonchev–Trinajstić information content (AvgIpc) is 2.29. The van der Waals surface area contributed by atoms with E-state index in [1.807, 2.05) is 0 Å². The maximum absolute atomic E-state index is 11.3. The van der Waals surface area contributed by atoms with Gasteiger partial charge in [0.15, 0.2) is 0 Å². The first-order valence-corrected chi connectivity index (χ1v) is 5.24. The van der Waals surface area contributed by atoms with E-state index in [0.29, 0.717) is 0 Å². The number of methoxy groups -OCH3 is 1. The van der Waals surface area contributed by atoms with Crippen LogP contribution in [-0.4, -0.2) is 48.1 Å². The molecule has 0 heterocycles. The van der Waals surface area contributed by atoms with Crippen LogP contribution in [0.15, 0.2) is 11.6 Å². The van der Waals surface area contributed by atoms with Gasteiger partial charge in [-0.25, -0.2) is 4.79 Å². The van der Waals surface area contributed by atoms with Crippen LogP contribution in [0, 0.1) is 5.92 Å². The van der Waals surface area contributed by atoms with Crippen LogP contribution >= 0.6 is 0 Å². The van der Waals surface area contributed by atoms with Crippen LogP contribution in [0.2, 0.25) is 0 Å². The molecule has 3 atom stereocenters. The monoisotopic (exact) mass is 244 g/mol. The highest BCUT2D eigenvalue weighted by atomic mass is 16.5. The molecule has 0 fully saturated rings. The van der Waals surface area contributed by atoms with E-state index in [4.69, 9.17) is 4.74 Å². The number of aliphatic hydroxyl groups is 2. The molecule has 0 spiro atoms. The Labute approximate surface area is 98.8 Å². The van der Waals surface area contributed by atoms with Gasteiger partial charge >= 0.3 is 11.9 Å². The minimum absolute atomic E-state index is 0.0398. The van der Waals surface area contributed by atoms with Gasteiger partial charge in [0.1, 0.15) is 0 Å². The topological polar surface area (TPSA) is 93.1 Å². The minimum atomic E-state index is -1.15. The minimum Gasteiger partial charge on any atom is -0.466 e. The molecule has 0 aliphatic heterocycles. The molecule has 17 heavy (non-hydrogen) atoms. The van der Waals surface area contributed by atoms with Crippen molar-refractivity contribution in [1.82, 2.24) is 0 Å². The van der Waals surface area contributed by atoms with Crippen molar-refractivity contribution in [2.45, 2.75) is 25.6 Å². The molecule has 0 saturated heterocycles. The highest BCUT2D eigenvalue weighted by molar-refractivity contribution is 5.88. The van der Waals surface area contributed by atoms with E-state index in [2.05, 4.69) is 4.74 Å². The number of esters is 2. The lowest BCUT2D eigenvalue weighted by Gasteiger charge is -2.29. The van der Waals surface area contributed by atoms with Crippen LogP contribution in [0.1, 0.15) is 13.3 Å². The van der Waals surface area contributed by atoms with Crippen molar-refractivity contribution < 1.29 is 29.3 Å². The molecule has 0 radical (unpaired) electrons. The Bertz CT molecular complexity index is 335. The lowest BCUT2D eigenvalue weighted by atomic mass is 9.85. The Kier molecular flexibility index (Phi) is 4.65. The lowest BCUT2D eigenvalue weighted by molar-refractivity contribution is -0.144. The fourth-order valence-corrected chi connectivity index (χ4v) is 1.72. The molecular formula is C11H16O6. The van der Waals surface area contributed by atoms with Crippen molar-refractivity contribution in [3.8, 4) is 0 Å². The fraction of sp³-hybridized carbons (Fsp3) is 0.636. The number of hydrogen-bond donors (Lipinski definition) is 2. The van der Waals surface area contributed by atoms with Gasteiger partial charge in [-0.2, -0.15) is 0 Å². The van der Waals surface area contributed by atoms with Crippen LogP contribution in [0.3, 0.4) is 0 Å². The number of rotatable bonds is 3. The van der Waals surface area contributed by atoms with E-state index in [0.717, 1.165) is 0 Å². The molecule has 0 aromatic heterocycles. The average molecular weight is 244 g/mol. The number of carbonyl (C=O) groups excluding carboxylic acids is 2. The second kappa shape index (κ2) is 5.79. The van der Waals surface area contributed by atoms with Gasteiger partial charge in [0.2, 0.25) is 0 Å². The SMILES string of the molecule is COC(=O)C1=C[C@@H](O)[C@@H](O)[C@H](COC(C)=O)C1. The molecule has 2 N–H and O–H groups in total. The summed E-state index contributed by atoms with van der Waals surface area (Å²) in [6, 6.07) is 0. The van der Waals surface area contributed by atoms with Gasteiger partial charge in [0.25, 0.3) is 0 Å². The molecule has 0 amide bonds. The Morgan fingerprint density at radius 3 is 2.65 bits per heavy atom. The van der Waals surface area contributed by atoms with Gasteiger partial charge < -0.3 is 19.7 Å². The maximum atomic E-state index is 11.3. The molecule has 96 valence electrons. The molecule has 0 unspecified atom stereocenters. The van der Waals surface area contributed by atoms with E-state index in [1.165, 1.54) is 20.1 Å². The predicted molar refractivity (Wildman–Crippen MR) is 56.9 cm³/mol. The summed E-state index contributed by atoms with van der Waals surface area (Å²) in [5, 5.41) is 19.2. The van der Waals surface area contributed by atoms with E-state index in [-0.39, 0.29) is 18.6 Å². The van der Waals surface area contributed by atoms with Crippen molar-refractivity contribution in [2.75, 3.05) is 13.7 Å². The summed E-state index contributed by atoms with van der Waals surface area (Å²) in [6.07, 6.45) is -0.736. The van der Waals surface area contributed by atoms with Crippen LogP contribution in [0.25, 0.3) is 0 Å². The molecule has 0 aromatic rings. The zero-order chi connectivity index (χ0) is 13.0. The van der Waals surface area contributed by atoms with Crippen LogP contribution in [0.5, 0.6) is 0 Å². The number of carbonyl (C=O) groups is 2. The van der Waals surface area contributed by atoms with Gasteiger partial charge in [-0.3, -0.25) is 4.79 Å². The van der Waals surface area contributed by atoms with Gasteiger partial charge in [0, 0.05) is 18.4 Å². The third kappa shape index (κ3) is 3.54. The number of hydrogen-bond acceptors (Lipinski definition) is 6. The summed E-state index contributed by atoms with van der Waals surface area (Å²) >= 11 is 0. The van der Waals surface area contributed by atoms with Crippen molar-refractivity contribution in [2.24, 2.45) is 5.92 Å². The Hall–Kier alpha value is -1.40. The van der Waals surface area contributed by atoms with Gasteiger partial charge in [-0.1, -0.05) is 0 Å². The van der Waals surface area contributed by atoms with Gasteiger partial charge in [-0.15, -0.1) is 0 Å². The number of aliphatic hydroxyl groups excluding tert-OH is 2. The highest BCUT2D eigenvalue weighted by Crippen LogP contribution is 2.26. The normalized spacial score (nSPS) is 28.2. The van der Waals surface area contributed by atoms with E-state index in [9.17, 15) is 19.8 Å². The molecule has 1 aliphatic carbocycles. The van der Waals surface area contributed by atoms with Crippen LogP contribution < -0.4 is 0 Å². The standard InChI is InChI=1S/C11H16O6/c1-6(12)17-5-8-3-7(11(15)16-2)4-9(13)10(8)14/h4,8-10,13-14H,3,5H2,1-2H3/t8-,9+,10-/m0/s1. The first-order chi connectivity index (χ1) is 7.95. The molecular weight excluding hydrogens is 228 g/mol. The summed E-state index contributed by atoms with van der Waals surface area (Å²) in [4.78, 5) is 22.0. The predicted octanol–water partition coefficient (Wildman–Crippen LogP) is -0.609. The van der Waals surface area contributed by atoms with Crippen molar-refractivity contribution in [3.05, 3.63) is 11.6 Å². The molecule has 1 aliphatic rings. The molecule has 6 heteroatoms. The summed E-state index contributed by atoms with van der Waals surface area (Å²) < 4.78 is 9.31.